The van der Waals surface area contributed by atoms with Gasteiger partial charge in [0, 0.05) is 12.8 Å². The van der Waals surface area contributed by atoms with Crippen LogP contribution in [0.15, 0.2) is 60.8 Å². The molecule has 0 aromatic rings. The minimum atomic E-state index is -0.791. The van der Waals surface area contributed by atoms with E-state index < -0.39 is 6.10 Å². The maximum Gasteiger partial charge on any atom is 0.306 e. The van der Waals surface area contributed by atoms with Crippen molar-refractivity contribution in [3.05, 3.63) is 60.8 Å². The number of esters is 2. The average Bonchev–Trinajstić information content (AvgIpc) is 3.15. The summed E-state index contributed by atoms with van der Waals surface area (Å²) in [7, 11) is 0. The fourth-order valence-corrected chi connectivity index (χ4v) is 5.94. The van der Waals surface area contributed by atoms with Gasteiger partial charge in [0.1, 0.15) is 6.61 Å². The first-order chi connectivity index (χ1) is 25.6. The average molecular weight is 727 g/mol. The highest BCUT2D eigenvalue weighted by atomic mass is 16.6. The van der Waals surface area contributed by atoms with E-state index in [9.17, 15) is 14.7 Å². The normalized spacial score (nSPS) is 12.8. The number of hydrogen-bond acceptors (Lipinski definition) is 5. The van der Waals surface area contributed by atoms with Gasteiger partial charge in [-0.25, -0.2) is 0 Å². The van der Waals surface area contributed by atoms with E-state index in [0.29, 0.717) is 12.8 Å². The first-order valence-electron chi connectivity index (χ1n) is 21.8. The Morgan fingerprint density at radius 3 is 1.23 bits per heavy atom. The third-order valence-corrected chi connectivity index (χ3v) is 9.28. The SMILES string of the molecule is CCCCCC=CCC=CCC=CCC=CCCCCCC(=O)OC(CO)COC(=O)CCCCCCCCCCCC=CCCCCCCCC. The van der Waals surface area contributed by atoms with Crippen molar-refractivity contribution in [2.24, 2.45) is 0 Å². The molecule has 0 heterocycles. The smallest absolute Gasteiger partial charge is 0.306 e. The van der Waals surface area contributed by atoms with E-state index in [4.69, 9.17) is 9.47 Å². The van der Waals surface area contributed by atoms with Crippen molar-refractivity contribution in [2.45, 2.75) is 213 Å². The van der Waals surface area contributed by atoms with Crippen molar-refractivity contribution < 1.29 is 24.2 Å². The Morgan fingerprint density at radius 1 is 0.442 bits per heavy atom. The van der Waals surface area contributed by atoms with Crippen LogP contribution in [0.5, 0.6) is 0 Å². The standard InChI is InChI=1S/C47H82O5/c1-3-5-7-9-11-13-15-17-19-21-23-25-27-29-31-33-35-37-39-41-46(49)51-44-45(43-48)52-47(50)42-40-38-36-34-32-30-28-26-24-22-20-18-16-14-12-10-8-6-4-2/h12,14,17-20,24,26,30,32,45,48H,3-11,13,15-16,21-23,25,27-29,31,33-44H2,1-2H3. The largest absolute Gasteiger partial charge is 0.462 e. The van der Waals surface area contributed by atoms with Gasteiger partial charge in [-0.3, -0.25) is 9.59 Å². The first-order valence-corrected chi connectivity index (χ1v) is 21.8. The molecule has 0 saturated carbocycles. The summed E-state index contributed by atoms with van der Waals surface area (Å²) in [6.07, 6.45) is 55.7. The summed E-state index contributed by atoms with van der Waals surface area (Å²) < 4.78 is 10.6. The predicted octanol–water partition coefficient (Wildman–Crippen LogP) is 14.0. The van der Waals surface area contributed by atoms with E-state index in [0.717, 1.165) is 64.2 Å². The van der Waals surface area contributed by atoms with E-state index in [-0.39, 0.29) is 25.2 Å². The quantitative estimate of drug-likeness (QED) is 0.0388. The fraction of sp³-hybridized carbons (Fsp3) is 0.745. The molecule has 52 heavy (non-hydrogen) atoms. The summed E-state index contributed by atoms with van der Waals surface area (Å²) in [5.41, 5.74) is 0. The second kappa shape index (κ2) is 43.0. The van der Waals surface area contributed by atoms with Gasteiger partial charge >= 0.3 is 11.9 Å². The van der Waals surface area contributed by atoms with Gasteiger partial charge in [0.15, 0.2) is 6.10 Å². The number of rotatable bonds is 39. The molecule has 0 aromatic heterocycles. The molecule has 1 unspecified atom stereocenters. The molecular weight excluding hydrogens is 645 g/mol. The number of aliphatic hydroxyl groups is 1. The van der Waals surface area contributed by atoms with Gasteiger partial charge in [-0.15, -0.1) is 0 Å². The summed E-state index contributed by atoms with van der Waals surface area (Å²) in [5.74, 6) is -0.629. The highest BCUT2D eigenvalue weighted by molar-refractivity contribution is 5.70. The molecule has 300 valence electrons. The lowest BCUT2D eigenvalue weighted by molar-refractivity contribution is -0.161. The molecule has 0 aliphatic heterocycles. The minimum absolute atomic E-state index is 0.0813. The summed E-state index contributed by atoms with van der Waals surface area (Å²) in [6.45, 7) is 4.08. The van der Waals surface area contributed by atoms with Gasteiger partial charge in [0.2, 0.25) is 0 Å². The third kappa shape index (κ3) is 40.4. The topological polar surface area (TPSA) is 72.8 Å². The van der Waals surface area contributed by atoms with E-state index in [1.54, 1.807) is 0 Å². The van der Waals surface area contributed by atoms with Crippen LogP contribution in [0.25, 0.3) is 0 Å². The van der Waals surface area contributed by atoms with E-state index in [2.05, 4.69) is 74.6 Å². The second-order valence-corrected chi connectivity index (χ2v) is 14.4. The Bertz CT molecular complexity index is 915. The molecule has 0 rings (SSSR count). The molecule has 1 atom stereocenters. The molecule has 0 aliphatic carbocycles. The second-order valence-electron chi connectivity index (χ2n) is 14.4. The van der Waals surface area contributed by atoms with Crippen LogP contribution >= 0.6 is 0 Å². The van der Waals surface area contributed by atoms with Gasteiger partial charge in [0.25, 0.3) is 0 Å². The van der Waals surface area contributed by atoms with Gasteiger partial charge < -0.3 is 14.6 Å². The number of unbranched alkanes of at least 4 members (excludes halogenated alkanes) is 21. The van der Waals surface area contributed by atoms with Crippen molar-refractivity contribution in [3.63, 3.8) is 0 Å². The molecule has 0 bridgehead atoms. The fourth-order valence-electron chi connectivity index (χ4n) is 5.94. The van der Waals surface area contributed by atoms with Crippen LogP contribution in [-0.2, 0) is 19.1 Å². The maximum atomic E-state index is 12.2. The summed E-state index contributed by atoms with van der Waals surface area (Å²) >= 11 is 0. The molecule has 0 amide bonds. The van der Waals surface area contributed by atoms with E-state index in [1.807, 2.05) is 0 Å². The number of carbonyl (C=O) groups is 2. The molecular formula is C47H82O5. The molecule has 0 fully saturated rings. The Morgan fingerprint density at radius 2 is 0.769 bits per heavy atom. The summed E-state index contributed by atoms with van der Waals surface area (Å²) in [4.78, 5) is 24.3. The van der Waals surface area contributed by atoms with Gasteiger partial charge in [-0.1, -0.05) is 171 Å². The van der Waals surface area contributed by atoms with E-state index >= 15 is 0 Å². The molecule has 0 aliphatic rings. The lowest BCUT2D eigenvalue weighted by Gasteiger charge is -2.15. The Hall–Kier alpha value is -2.40. The van der Waals surface area contributed by atoms with Crippen LogP contribution in [0.4, 0.5) is 0 Å². The van der Waals surface area contributed by atoms with Gasteiger partial charge in [-0.05, 0) is 83.5 Å². The summed E-state index contributed by atoms with van der Waals surface area (Å²) in [5, 5.41) is 9.58. The number of hydrogen-bond donors (Lipinski definition) is 1. The lowest BCUT2D eigenvalue weighted by Crippen LogP contribution is -2.28. The van der Waals surface area contributed by atoms with Gasteiger partial charge in [0.05, 0.1) is 6.61 Å². The van der Waals surface area contributed by atoms with Crippen LogP contribution in [0.2, 0.25) is 0 Å². The number of allylic oxidation sites excluding steroid dienone is 10. The molecule has 0 saturated heterocycles. The Kier molecular flexibility index (Phi) is 41.0. The monoisotopic (exact) mass is 727 g/mol. The van der Waals surface area contributed by atoms with Crippen LogP contribution < -0.4 is 0 Å². The van der Waals surface area contributed by atoms with Crippen molar-refractivity contribution >= 4 is 11.9 Å². The lowest BCUT2D eigenvalue weighted by atomic mass is 10.1. The van der Waals surface area contributed by atoms with E-state index in [1.165, 1.54) is 116 Å². The molecule has 5 heteroatoms. The minimum Gasteiger partial charge on any atom is -0.462 e. The zero-order valence-electron chi connectivity index (χ0n) is 34.1. The number of aliphatic hydroxyl groups excluding tert-OH is 1. The van der Waals surface area contributed by atoms with Crippen LogP contribution in [0.1, 0.15) is 206 Å². The van der Waals surface area contributed by atoms with Crippen LogP contribution in [0.3, 0.4) is 0 Å². The Balaban J connectivity index is 3.61. The zero-order valence-corrected chi connectivity index (χ0v) is 34.1. The maximum absolute atomic E-state index is 12.2. The molecule has 1 N–H and O–H groups in total. The predicted molar refractivity (Wildman–Crippen MR) is 223 cm³/mol. The van der Waals surface area contributed by atoms with Crippen molar-refractivity contribution in [1.29, 1.82) is 0 Å². The van der Waals surface area contributed by atoms with Crippen molar-refractivity contribution in [2.75, 3.05) is 13.2 Å². The Labute approximate surface area is 321 Å². The third-order valence-electron chi connectivity index (χ3n) is 9.28. The highest BCUT2D eigenvalue weighted by Crippen LogP contribution is 2.13. The number of ether oxygens (including phenoxy) is 2. The van der Waals surface area contributed by atoms with Crippen LogP contribution in [-0.4, -0.2) is 36.4 Å². The molecule has 0 aromatic carbocycles. The molecule has 5 nitrogen and oxygen atoms in total. The van der Waals surface area contributed by atoms with Crippen molar-refractivity contribution in [3.8, 4) is 0 Å². The number of carbonyl (C=O) groups excluding carboxylic acids is 2. The summed E-state index contributed by atoms with van der Waals surface area (Å²) in [6, 6.07) is 0. The first kappa shape index (κ1) is 49.6. The van der Waals surface area contributed by atoms with Gasteiger partial charge in [-0.2, -0.15) is 0 Å². The zero-order chi connectivity index (χ0) is 37.8. The molecule has 0 radical (unpaired) electrons. The van der Waals surface area contributed by atoms with Crippen LogP contribution in [0, 0.1) is 0 Å². The van der Waals surface area contributed by atoms with Crippen molar-refractivity contribution in [1.82, 2.24) is 0 Å². The molecule has 0 spiro atoms. The highest BCUT2D eigenvalue weighted by Gasteiger charge is 2.16.